The molecule has 0 aliphatic carbocycles. The average molecular weight is 375 g/mol. The SMILES string of the molecule is CNc1cn2cc(-c3c(C)c(F)c(-c4cnc(C)[nH]4)c4[nH]ncc34)ccc2n1. The van der Waals surface area contributed by atoms with E-state index in [2.05, 4.69) is 30.5 Å². The first kappa shape index (κ1) is 16.5. The van der Waals surface area contributed by atoms with Crippen molar-refractivity contribution in [2.45, 2.75) is 13.8 Å². The molecular weight excluding hydrogens is 357 g/mol. The van der Waals surface area contributed by atoms with Crippen molar-refractivity contribution in [1.29, 1.82) is 0 Å². The van der Waals surface area contributed by atoms with Crippen molar-refractivity contribution in [3.8, 4) is 22.4 Å². The van der Waals surface area contributed by atoms with Crippen molar-refractivity contribution >= 4 is 22.4 Å². The highest BCUT2D eigenvalue weighted by molar-refractivity contribution is 6.03. The number of hydrogen-bond donors (Lipinski definition) is 3. The summed E-state index contributed by atoms with van der Waals surface area (Å²) >= 11 is 0. The van der Waals surface area contributed by atoms with E-state index in [1.165, 1.54) is 0 Å². The minimum Gasteiger partial charge on any atom is -0.372 e. The number of benzene rings is 1. The van der Waals surface area contributed by atoms with Gasteiger partial charge in [0.1, 0.15) is 23.1 Å². The Labute approximate surface area is 159 Å². The summed E-state index contributed by atoms with van der Waals surface area (Å²) in [6.45, 7) is 3.63. The summed E-state index contributed by atoms with van der Waals surface area (Å²) in [7, 11) is 1.83. The second-order valence-corrected chi connectivity index (χ2v) is 6.79. The molecule has 7 nitrogen and oxygen atoms in total. The second-order valence-electron chi connectivity index (χ2n) is 6.79. The molecule has 28 heavy (non-hydrogen) atoms. The van der Waals surface area contributed by atoms with Crippen LogP contribution >= 0.6 is 0 Å². The van der Waals surface area contributed by atoms with Crippen LogP contribution in [0.4, 0.5) is 10.2 Å². The highest BCUT2D eigenvalue weighted by atomic mass is 19.1. The Morgan fingerprint density at radius 1 is 1.11 bits per heavy atom. The van der Waals surface area contributed by atoms with Gasteiger partial charge in [-0.25, -0.2) is 14.4 Å². The maximum atomic E-state index is 15.5. The Kier molecular flexibility index (Phi) is 3.48. The van der Waals surface area contributed by atoms with Crippen molar-refractivity contribution in [1.82, 2.24) is 29.5 Å². The molecule has 0 fully saturated rings. The number of halogens is 1. The molecule has 0 saturated heterocycles. The summed E-state index contributed by atoms with van der Waals surface area (Å²) in [6.07, 6.45) is 7.24. The predicted molar refractivity (Wildman–Crippen MR) is 107 cm³/mol. The van der Waals surface area contributed by atoms with Gasteiger partial charge in [-0.15, -0.1) is 0 Å². The fourth-order valence-corrected chi connectivity index (χ4v) is 3.71. The zero-order valence-electron chi connectivity index (χ0n) is 15.6. The largest absolute Gasteiger partial charge is 0.372 e. The van der Waals surface area contributed by atoms with E-state index in [-0.39, 0.29) is 5.82 Å². The fourth-order valence-electron chi connectivity index (χ4n) is 3.71. The molecule has 0 bridgehead atoms. The molecule has 0 saturated carbocycles. The summed E-state index contributed by atoms with van der Waals surface area (Å²) in [5, 5.41) is 11.0. The predicted octanol–water partition coefficient (Wildman–Crippen LogP) is 4.07. The van der Waals surface area contributed by atoms with Gasteiger partial charge in [-0.3, -0.25) is 5.10 Å². The Morgan fingerprint density at radius 3 is 2.71 bits per heavy atom. The van der Waals surface area contributed by atoms with Crippen molar-refractivity contribution in [3.05, 3.63) is 54.1 Å². The highest BCUT2D eigenvalue weighted by Crippen LogP contribution is 2.39. The molecule has 0 aliphatic rings. The first-order valence-corrected chi connectivity index (χ1v) is 8.91. The quantitative estimate of drug-likeness (QED) is 0.444. The molecule has 3 N–H and O–H groups in total. The minimum absolute atomic E-state index is 0.294. The number of H-pyrrole nitrogens is 2. The van der Waals surface area contributed by atoms with Crippen molar-refractivity contribution in [3.63, 3.8) is 0 Å². The van der Waals surface area contributed by atoms with Crippen LogP contribution in [0.3, 0.4) is 0 Å². The summed E-state index contributed by atoms with van der Waals surface area (Å²) in [5.74, 6) is 1.21. The number of aromatic amines is 2. The van der Waals surface area contributed by atoms with Gasteiger partial charge in [-0.1, -0.05) is 0 Å². The monoisotopic (exact) mass is 375 g/mol. The first-order valence-electron chi connectivity index (χ1n) is 8.91. The number of aromatic nitrogens is 6. The number of nitrogens with zero attached hydrogens (tertiary/aromatic N) is 4. The first-order chi connectivity index (χ1) is 13.6. The Bertz CT molecular complexity index is 1340. The maximum absolute atomic E-state index is 15.5. The average Bonchev–Trinajstić information content (AvgIpc) is 3.41. The number of hydrogen-bond acceptors (Lipinski definition) is 4. The molecular formula is C20H18FN7. The van der Waals surface area contributed by atoms with E-state index in [0.717, 1.165) is 33.8 Å². The van der Waals surface area contributed by atoms with E-state index in [4.69, 9.17) is 0 Å². The number of nitrogens with one attached hydrogen (secondary N) is 3. The summed E-state index contributed by atoms with van der Waals surface area (Å²) in [4.78, 5) is 11.8. The van der Waals surface area contributed by atoms with Gasteiger partial charge in [0.2, 0.25) is 0 Å². The van der Waals surface area contributed by atoms with Crippen LogP contribution in [0.15, 0.2) is 36.9 Å². The molecule has 4 heterocycles. The molecule has 0 amide bonds. The van der Waals surface area contributed by atoms with Crippen LogP contribution in [0.5, 0.6) is 0 Å². The molecule has 0 atom stereocenters. The van der Waals surface area contributed by atoms with Gasteiger partial charge < -0.3 is 14.7 Å². The molecule has 1 aromatic carbocycles. The van der Waals surface area contributed by atoms with E-state index in [0.29, 0.717) is 22.3 Å². The van der Waals surface area contributed by atoms with Crippen LogP contribution in [-0.2, 0) is 0 Å². The van der Waals surface area contributed by atoms with Crippen molar-refractivity contribution < 1.29 is 4.39 Å². The number of anilines is 1. The lowest BCUT2D eigenvalue weighted by molar-refractivity contribution is 0.623. The lowest BCUT2D eigenvalue weighted by Crippen LogP contribution is -1.97. The topological polar surface area (TPSA) is 86.7 Å². The molecule has 0 radical (unpaired) electrons. The van der Waals surface area contributed by atoms with Gasteiger partial charge in [-0.05, 0) is 42.7 Å². The molecule has 5 aromatic rings. The molecule has 0 aliphatic heterocycles. The Morgan fingerprint density at radius 2 is 1.96 bits per heavy atom. The van der Waals surface area contributed by atoms with Gasteiger partial charge in [0.15, 0.2) is 0 Å². The second kappa shape index (κ2) is 5.91. The lowest BCUT2D eigenvalue weighted by atomic mass is 9.93. The number of pyridine rings is 1. The number of rotatable bonds is 3. The fraction of sp³-hybridized carbons (Fsp3) is 0.150. The molecule has 4 aromatic heterocycles. The Hall–Kier alpha value is -3.68. The van der Waals surface area contributed by atoms with Gasteiger partial charge in [0.25, 0.3) is 0 Å². The number of imidazole rings is 2. The summed E-state index contributed by atoms with van der Waals surface area (Å²) in [6, 6.07) is 3.88. The van der Waals surface area contributed by atoms with Crippen molar-refractivity contribution in [2.24, 2.45) is 0 Å². The lowest BCUT2D eigenvalue weighted by Gasteiger charge is -2.13. The molecule has 140 valence electrons. The van der Waals surface area contributed by atoms with Gasteiger partial charge >= 0.3 is 0 Å². The van der Waals surface area contributed by atoms with E-state index in [1.54, 1.807) is 19.3 Å². The molecule has 0 spiro atoms. The third kappa shape index (κ3) is 2.31. The number of aryl methyl sites for hydroxylation is 1. The minimum atomic E-state index is -0.294. The van der Waals surface area contributed by atoms with Crippen molar-refractivity contribution in [2.75, 3.05) is 12.4 Å². The normalized spacial score (nSPS) is 11.6. The highest BCUT2D eigenvalue weighted by Gasteiger charge is 2.22. The third-order valence-electron chi connectivity index (χ3n) is 5.05. The van der Waals surface area contributed by atoms with Gasteiger partial charge in [0, 0.05) is 18.6 Å². The van der Waals surface area contributed by atoms with Crippen LogP contribution in [0.1, 0.15) is 11.4 Å². The maximum Gasteiger partial charge on any atom is 0.145 e. The van der Waals surface area contributed by atoms with Crippen LogP contribution in [0, 0.1) is 19.7 Å². The Balaban J connectivity index is 1.79. The molecule has 5 rings (SSSR count). The zero-order valence-corrected chi connectivity index (χ0v) is 15.6. The van der Waals surface area contributed by atoms with Gasteiger partial charge in [0.05, 0.1) is 35.4 Å². The summed E-state index contributed by atoms with van der Waals surface area (Å²) < 4.78 is 17.4. The third-order valence-corrected chi connectivity index (χ3v) is 5.05. The van der Waals surface area contributed by atoms with Crippen LogP contribution in [-0.4, -0.2) is 36.6 Å². The zero-order chi connectivity index (χ0) is 19.4. The van der Waals surface area contributed by atoms with Crippen LogP contribution in [0.25, 0.3) is 38.9 Å². The smallest absolute Gasteiger partial charge is 0.145 e. The van der Waals surface area contributed by atoms with E-state index in [9.17, 15) is 0 Å². The van der Waals surface area contributed by atoms with Crippen LogP contribution in [0.2, 0.25) is 0 Å². The molecule has 8 heteroatoms. The van der Waals surface area contributed by atoms with Crippen LogP contribution < -0.4 is 5.32 Å². The standard InChI is InChI=1S/C20H18FN7/c1-10-17(12-4-5-16-26-15(22-3)9-28(16)8-12)13-6-24-27-20(13)18(19(10)21)14-7-23-11(2)25-14/h4-9,22H,1-3H3,(H,23,25)(H,24,27). The molecule has 0 unspecified atom stereocenters. The van der Waals surface area contributed by atoms with Gasteiger partial charge in [-0.2, -0.15) is 5.10 Å². The van der Waals surface area contributed by atoms with E-state index < -0.39 is 0 Å². The number of fused-ring (bicyclic) bond motifs is 2. The summed E-state index contributed by atoms with van der Waals surface area (Å²) in [5.41, 5.74) is 4.80. The van der Waals surface area contributed by atoms with E-state index in [1.807, 2.05) is 42.9 Å². The van der Waals surface area contributed by atoms with E-state index >= 15 is 4.39 Å².